The Hall–Kier alpha value is -2.10. The summed E-state index contributed by atoms with van der Waals surface area (Å²) in [6.07, 6.45) is 2.39. The molecule has 0 amide bonds. The van der Waals surface area contributed by atoms with Gasteiger partial charge < -0.3 is 4.98 Å². The fraction of sp³-hybridized carbons (Fsp3) is 0.167. The minimum atomic E-state index is -0.487. The highest BCUT2D eigenvalue weighted by Gasteiger charge is 2.02. The van der Waals surface area contributed by atoms with Crippen LogP contribution in [0, 0.1) is 0 Å². The van der Waals surface area contributed by atoms with Crippen molar-refractivity contribution in [1.29, 1.82) is 0 Å². The molecule has 0 fully saturated rings. The number of H-pyrrole nitrogens is 2. The molecule has 1 aromatic carbocycles. The predicted octanol–water partition coefficient (Wildman–Crippen LogP) is 1.29. The van der Waals surface area contributed by atoms with E-state index in [1.165, 1.54) is 11.8 Å². The van der Waals surface area contributed by atoms with Gasteiger partial charge in [0.2, 0.25) is 0 Å². The van der Waals surface area contributed by atoms with Gasteiger partial charge in [-0.05, 0) is 17.5 Å². The highest BCUT2D eigenvalue weighted by Crippen LogP contribution is 2.14. The van der Waals surface area contributed by atoms with E-state index >= 15 is 0 Å². The molecule has 2 aromatic rings. The Morgan fingerprint density at radius 3 is 2.38 bits per heavy atom. The molecular weight excluding hydrogens is 204 g/mol. The van der Waals surface area contributed by atoms with E-state index in [9.17, 15) is 9.59 Å². The van der Waals surface area contributed by atoms with Crippen molar-refractivity contribution in [2.24, 2.45) is 0 Å². The van der Waals surface area contributed by atoms with Crippen LogP contribution in [0.2, 0.25) is 0 Å². The average molecular weight is 216 g/mol. The van der Waals surface area contributed by atoms with Crippen LogP contribution in [-0.4, -0.2) is 9.97 Å². The van der Waals surface area contributed by atoms with E-state index < -0.39 is 5.69 Å². The van der Waals surface area contributed by atoms with Crippen molar-refractivity contribution in [2.75, 3.05) is 0 Å². The standard InChI is InChI=1S/C12H12N2O2/c1-2-8-3-5-9(6-4-8)10-7-13-12(16)14-11(10)15/h3-7H,2H2,1H3,(H2,13,14,15,16). The van der Waals surface area contributed by atoms with Crippen LogP contribution in [0.3, 0.4) is 0 Å². The Labute approximate surface area is 92.0 Å². The first-order chi connectivity index (χ1) is 7.70. The van der Waals surface area contributed by atoms with Crippen LogP contribution in [0.5, 0.6) is 0 Å². The molecule has 0 saturated carbocycles. The molecule has 82 valence electrons. The van der Waals surface area contributed by atoms with Gasteiger partial charge in [-0.25, -0.2) is 4.79 Å². The Kier molecular flexibility index (Phi) is 2.72. The van der Waals surface area contributed by atoms with E-state index in [-0.39, 0.29) is 5.56 Å². The van der Waals surface area contributed by atoms with Crippen LogP contribution in [0.15, 0.2) is 40.1 Å². The molecule has 0 atom stereocenters. The monoisotopic (exact) mass is 216 g/mol. The molecule has 0 bridgehead atoms. The number of nitrogens with one attached hydrogen (secondary N) is 2. The molecule has 0 saturated heterocycles. The smallest absolute Gasteiger partial charge is 0.313 e. The predicted molar refractivity (Wildman–Crippen MR) is 62.5 cm³/mol. The van der Waals surface area contributed by atoms with Crippen LogP contribution in [0.1, 0.15) is 12.5 Å². The van der Waals surface area contributed by atoms with Gasteiger partial charge in [-0.1, -0.05) is 31.2 Å². The molecular formula is C12H12N2O2. The van der Waals surface area contributed by atoms with Gasteiger partial charge >= 0.3 is 5.69 Å². The van der Waals surface area contributed by atoms with Crippen molar-refractivity contribution >= 4 is 0 Å². The maximum Gasteiger partial charge on any atom is 0.325 e. The summed E-state index contributed by atoms with van der Waals surface area (Å²) in [5.41, 5.74) is 1.63. The first-order valence-electron chi connectivity index (χ1n) is 5.12. The molecule has 0 aliphatic heterocycles. The minimum Gasteiger partial charge on any atom is -0.313 e. The fourth-order valence-corrected chi connectivity index (χ4v) is 1.54. The lowest BCUT2D eigenvalue weighted by atomic mass is 10.1. The largest absolute Gasteiger partial charge is 0.325 e. The minimum absolute atomic E-state index is 0.368. The number of aromatic amines is 2. The number of benzene rings is 1. The Morgan fingerprint density at radius 1 is 1.12 bits per heavy atom. The zero-order valence-electron chi connectivity index (χ0n) is 8.91. The number of aryl methyl sites for hydroxylation is 1. The summed E-state index contributed by atoms with van der Waals surface area (Å²) in [5.74, 6) is 0. The molecule has 1 aromatic heterocycles. The van der Waals surface area contributed by atoms with Gasteiger partial charge in [-0.3, -0.25) is 9.78 Å². The molecule has 0 spiro atoms. The van der Waals surface area contributed by atoms with Gasteiger partial charge in [-0.2, -0.15) is 0 Å². The van der Waals surface area contributed by atoms with E-state index in [1.807, 2.05) is 24.3 Å². The highest BCUT2D eigenvalue weighted by atomic mass is 16.2. The number of hydrogen-bond acceptors (Lipinski definition) is 2. The summed E-state index contributed by atoms with van der Waals surface area (Å²) in [7, 11) is 0. The summed E-state index contributed by atoms with van der Waals surface area (Å²) >= 11 is 0. The quantitative estimate of drug-likeness (QED) is 0.794. The third kappa shape index (κ3) is 1.95. The first kappa shape index (κ1) is 10.4. The van der Waals surface area contributed by atoms with Crippen LogP contribution in [-0.2, 0) is 6.42 Å². The second-order valence-electron chi connectivity index (χ2n) is 3.54. The molecule has 1 heterocycles. The second-order valence-corrected chi connectivity index (χ2v) is 3.54. The van der Waals surface area contributed by atoms with Crippen LogP contribution < -0.4 is 11.2 Å². The van der Waals surface area contributed by atoms with Crippen LogP contribution in [0.25, 0.3) is 11.1 Å². The van der Waals surface area contributed by atoms with Gasteiger partial charge in [0, 0.05) is 6.20 Å². The Bertz CT molecular complexity index is 593. The van der Waals surface area contributed by atoms with Gasteiger partial charge in [0.15, 0.2) is 0 Å². The average Bonchev–Trinajstić information content (AvgIpc) is 2.29. The lowest BCUT2D eigenvalue weighted by Gasteiger charge is -2.01. The fourth-order valence-electron chi connectivity index (χ4n) is 1.54. The van der Waals surface area contributed by atoms with Crippen molar-refractivity contribution in [3.8, 4) is 11.1 Å². The van der Waals surface area contributed by atoms with Crippen LogP contribution >= 0.6 is 0 Å². The molecule has 4 heteroatoms. The van der Waals surface area contributed by atoms with E-state index in [1.54, 1.807) is 0 Å². The topological polar surface area (TPSA) is 65.7 Å². The molecule has 2 rings (SSSR count). The second kappa shape index (κ2) is 4.18. The zero-order chi connectivity index (χ0) is 11.5. The van der Waals surface area contributed by atoms with Crippen molar-refractivity contribution < 1.29 is 0 Å². The summed E-state index contributed by atoms with van der Waals surface area (Å²) in [6.45, 7) is 2.07. The van der Waals surface area contributed by atoms with Gasteiger partial charge in [-0.15, -0.1) is 0 Å². The highest BCUT2D eigenvalue weighted by molar-refractivity contribution is 5.61. The van der Waals surface area contributed by atoms with E-state index in [4.69, 9.17) is 0 Å². The maximum absolute atomic E-state index is 11.5. The summed E-state index contributed by atoms with van der Waals surface area (Å²) in [5, 5.41) is 0. The van der Waals surface area contributed by atoms with Crippen molar-refractivity contribution in [3.05, 3.63) is 56.9 Å². The van der Waals surface area contributed by atoms with Crippen molar-refractivity contribution in [1.82, 2.24) is 9.97 Å². The van der Waals surface area contributed by atoms with E-state index in [0.717, 1.165) is 12.0 Å². The molecule has 4 nitrogen and oxygen atoms in total. The van der Waals surface area contributed by atoms with Crippen LogP contribution in [0.4, 0.5) is 0 Å². The number of rotatable bonds is 2. The SMILES string of the molecule is CCc1ccc(-c2c[nH]c(=O)[nH]c2=O)cc1. The third-order valence-corrected chi connectivity index (χ3v) is 2.49. The third-order valence-electron chi connectivity index (χ3n) is 2.49. The summed E-state index contributed by atoms with van der Waals surface area (Å²) in [4.78, 5) is 27.0. The molecule has 2 N–H and O–H groups in total. The van der Waals surface area contributed by atoms with Gasteiger partial charge in [0.05, 0.1) is 5.56 Å². The zero-order valence-corrected chi connectivity index (χ0v) is 8.91. The normalized spacial score (nSPS) is 10.3. The lowest BCUT2D eigenvalue weighted by molar-refractivity contribution is 1.04. The lowest BCUT2D eigenvalue weighted by Crippen LogP contribution is -2.22. The Balaban J connectivity index is 2.50. The summed E-state index contributed by atoms with van der Waals surface area (Å²) in [6, 6.07) is 7.70. The molecule has 0 radical (unpaired) electrons. The van der Waals surface area contributed by atoms with Gasteiger partial charge in [0.25, 0.3) is 5.56 Å². The number of aromatic nitrogens is 2. The first-order valence-corrected chi connectivity index (χ1v) is 5.12. The molecule has 0 aliphatic rings. The maximum atomic E-state index is 11.5. The van der Waals surface area contributed by atoms with E-state index in [2.05, 4.69) is 16.9 Å². The summed E-state index contributed by atoms with van der Waals surface area (Å²) < 4.78 is 0. The Morgan fingerprint density at radius 2 is 1.81 bits per heavy atom. The van der Waals surface area contributed by atoms with Crippen molar-refractivity contribution in [2.45, 2.75) is 13.3 Å². The molecule has 16 heavy (non-hydrogen) atoms. The molecule has 0 unspecified atom stereocenters. The van der Waals surface area contributed by atoms with Crippen molar-refractivity contribution in [3.63, 3.8) is 0 Å². The molecule has 0 aliphatic carbocycles. The number of hydrogen-bond donors (Lipinski definition) is 2. The van der Waals surface area contributed by atoms with E-state index in [0.29, 0.717) is 5.56 Å². The van der Waals surface area contributed by atoms with Gasteiger partial charge in [0.1, 0.15) is 0 Å².